The molecule has 0 atom stereocenters. The van der Waals surface area contributed by atoms with Gasteiger partial charge in [-0.2, -0.15) is 10.5 Å². The number of nitriles is 2. The molecule has 0 aliphatic rings. The molecule has 7 nitrogen and oxygen atoms in total. The second-order valence-corrected chi connectivity index (χ2v) is 7.41. The van der Waals surface area contributed by atoms with Crippen molar-refractivity contribution in [1.82, 2.24) is 0 Å². The highest BCUT2D eigenvalue weighted by Crippen LogP contribution is 2.36. The Hall–Kier alpha value is -4.14. The second kappa shape index (κ2) is 10.3. The highest BCUT2D eigenvalue weighted by molar-refractivity contribution is 9.10. The van der Waals surface area contributed by atoms with E-state index < -0.39 is 4.92 Å². The maximum absolute atomic E-state index is 10.8. The van der Waals surface area contributed by atoms with Crippen LogP contribution in [0.3, 0.4) is 0 Å². The number of ether oxygens (including phenoxy) is 2. The third kappa shape index (κ3) is 5.12. The molecule has 158 valence electrons. The minimum Gasteiger partial charge on any atom is -0.493 e. The Bertz CT molecular complexity index is 1270. The lowest BCUT2D eigenvalue weighted by atomic mass is 10.0. The maximum Gasteiger partial charge on any atom is 0.269 e. The predicted molar refractivity (Wildman–Crippen MR) is 123 cm³/mol. The van der Waals surface area contributed by atoms with Crippen molar-refractivity contribution in [3.8, 4) is 23.6 Å². The summed E-state index contributed by atoms with van der Waals surface area (Å²) in [5, 5.41) is 29.7. The highest BCUT2D eigenvalue weighted by atomic mass is 79.9. The number of methoxy groups -OCH3 is 1. The van der Waals surface area contributed by atoms with E-state index in [1.807, 2.05) is 12.1 Å². The predicted octanol–water partition coefficient (Wildman–Crippen LogP) is 5.88. The zero-order valence-corrected chi connectivity index (χ0v) is 18.5. The molecular weight excluding hydrogens is 474 g/mol. The van der Waals surface area contributed by atoms with Crippen molar-refractivity contribution in [2.24, 2.45) is 0 Å². The summed E-state index contributed by atoms with van der Waals surface area (Å²) >= 11 is 3.49. The van der Waals surface area contributed by atoms with Crippen molar-refractivity contribution in [3.05, 3.63) is 97.5 Å². The minimum atomic E-state index is -0.491. The normalized spacial score (nSPS) is 10.7. The van der Waals surface area contributed by atoms with E-state index in [1.54, 1.807) is 30.3 Å². The summed E-state index contributed by atoms with van der Waals surface area (Å²) < 4.78 is 12.0. The van der Waals surface area contributed by atoms with Gasteiger partial charge < -0.3 is 9.47 Å². The van der Waals surface area contributed by atoms with Gasteiger partial charge in [0.2, 0.25) is 0 Å². The zero-order valence-electron chi connectivity index (χ0n) is 16.9. The van der Waals surface area contributed by atoms with Crippen LogP contribution in [0.15, 0.2) is 65.1 Å². The number of rotatable bonds is 7. The highest BCUT2D eigenvalue weighted by Gasteiger charge is 2.13. The Kier molecular flexibility index (Phi) is 7.22. The number of hydrogen-bond donors (Lipinski definition) is 0. The molecule has 0 heterocycles. The molecule has 3 rings (SSSR count). The SMILES string of the molecule is COc1cc(/C=C(/C#N)c2ccc([N+](=O)[O-])cc2)c(Br)cc1OCc1ccccc1C#N. The summed E-state index contributed by atoms with van der Waals surface area (Å²) in [6.45, 7) is 0.188. The molecule has 0 N–H and O–H groups in total. The van der Waals surface area contributed by atoms with Crippen LogP contribution in [-0.4, -0.2) is 12.0 Å². The lowest BCUT2D eigenvalue weighted by Crippen LogP contribution is -2.00. The third-order valence-electron chi connectivity index (χ3n) is 4.61. The summed E-state index contributed by atoms with van der Waals surface area (Å²) in [5.41, 5.74) is 2.79. The zero-order chi connectivity index (χ0) is 23.1. The summed E-state index contributed by atoms with van der Waals surface area (Å²) in [5.74, 6) is 0.924. The van der Waals surface area contributed by atoms with Crippen molar-refractivity contribution >= 4 is 33.3 Å². The van der Waals surface area contributed by atoms with Crippen LogP contribution in [0, 0.1) is 32.8 Å². The van der Waals surface area contributed by atoms with Crippen molar-refractivity contribution in [1.29, 1.82) is 10.5 Å². The van der Waals surface area contributed by atoms with Gasteiger partial charge in [0.1, 0.15) is 6.61 Å². The molecule has 0 saturated heterocycles. The fourth-order valence-electron chi connectivity index (χ4n) is 2.94. The van der Waals surface area contributed by atoms with Crippen molar-refractivity contribution < 1.29 is 14.4 Å². The van der Waals surface area contributed by atoms with Crippen molar-refractivity contribution in [2.75, 3.05) is 7.11 Å². The first kappa shape index (κ1) is 22.5. The first-order valence-electron chi connectivity index (χ1n) is 9.31. The second-order valence-electron chi connectivity index (χ2n) is 6.56. The topological polar surface area (TPSA) is 109 Å². The summed E-state index contributed by atoms with van der Waals surface area (Å²) in [6, 6.07) is 20.6. The lowest BCUT2D eigenvalue weighted by molar-refractivity contribution is -0.384. The molecule has 0 aliphatic heterocycles. The number of benzene rings is 3. The fraction of sp³-hybridized carbons (Fsp3) is 0.0833. The molecule has 32 heavy (non-hydrogen) atoms. The molecule has 0 bridgehead atoms. The minimum absolute atomic E-state index is 0.0478. The van der Waals surface area contributed by atoms with Gasteiger partial charge in [0.15, 0.2) is 11.5 Å². The van der Waals surface area contributed by atoms with Crippen LogP contribution in [0.1, 0.15) is 22.3 Å². The number of halogens is 1. The quantitative estimate of drug-likeness (QED) is 0.177. The van der Waals surface area contributed by atoms with E-state index >= 15 is 0 Å². The fourth-order valence-corrected chi connectivity index (χ4v) is 3.38. The summed E-state index contributed by atoms with van der Waals surface area (Å²) in [7, 11) is 1.51. The van der Waals surface area contributed by atoms with E-state index in [-0.39, 0.29) is 12.3 Å². The molecule has 3 aromatic rings. The molecule has 0 amide bonds. The third-order valence-corrected chi connectivity index (χ3v) is 5.30. The molecule has 0 fully saturated rings. The first-order valence-corrected chi connectivity index (χ1v) is 10.1. The van der Waals surface area contributed by atoms with Crippen molar-refractivity contribution in [2.45, 2.75) is 6.61 Å². The molecule has 0 spiro atoms. The van der Waals surface area contributed by atoms with E-state index in [0.717, 1.165) is 5.56 Å². The molecule has 8 heteroatoms. The van der Waals surface area contributed by atoms with Crippen molar-refractivity contribution in [3.63, 3.8) is 0 Å². The average molecular weight is 490 g/mol. The van der Waals surface area contributed by atoms with Crippen LogP contribution in [0.2, 0.25) is 0 Å². The monoisotopic (exact) mass is 489 g/mol. The Labute approximate surface area is 193 Å². The van der Waals surface area contributed by atoms with E-state index in [0.29, 0.717) is 38.2 Å². The average Bonchev–Trinajstić information content (AvgIpc) is 2.82. The largest absolute Gasteiger partial charge is 0.493 e. The van der Waals surface area contributed by atoms with Gasteiger partial charge in [-0.05, 0) is 47.5 Å². The number of allylic oxidation sites excluding steroid dienone is 1. The summed E-state index contributed by atoms with van der Waals surface area (Å²) in [6.07, 6.45) is 1.66. The number of nitro groups is 1. The number of hydrogen-bond acceptors (Lipinski definition) is 6. The Morgan fingerprint density at radius 3 is 2.47 bits per heavy atom. The van der Waals surface area contributed by atoms with Gasteiger partial charge in [0.05, 0.1) is 35.3 Å². The van der Waals surface area contributed by atoms with Gasteiger partial charge >= 0.3 is 0 Å². The van der Waals surface area contributed by atoms with Crippen LogP contribution >= 0.6 is 15.9 Å². The Morgan fingerprint density at radius 2 is 1.84 bits per heavy atom. The Morgan fingerprint density at radius 1 is 1.12 bits per heavy atom. The van der Waals surface area contributed by atoms with Gasteiger partial charge in [-0.25, -0.2) is 0 Å². The van der Waals surface area contributed by atoms with E-state index in [2.05, 4.69) is 28.1 Å². The lowest BCUT2D eigenvalue weighted by Gasteiger charge is -2.13. The maximum atomic E-state index is 10.8. The molecule has 0 radical (unpaired) electrons. The smallest absolute Gasteiger partial charge is 0.269 e. The molecule has 0 saturated carbocycles. The molecular formula is C24H16BrN3O4. The van der Waals surface area contributed by atoms with Gasteiger partial charge in [-0.1, -0.05) is 34.1 Å². The number of non-ortho nitro benzene ring substituents is 1. The molecule has 0 aliphatic carbocycles. The van der Waals surface area contributed by atoms with Gasteiger partial charge in [-0.15, -0.1) is 0 Å². The van der Waals surface area contributed by atoms with E-state index in [4.69, 9.17) is 9.47 Å². The van der Waals surface area contributed by atoms with Gasteiger partial charge in [-0.3, -0.25) is 10.1 Å². The van der Waals surface area contributed by atoms with Crippen LogP contribution < -0.4 is 9.47 Å². The standard InChI is InChI=1S/C24H16BrN3O4/c1-31-23-11-19(10-20(14-27)16-6-8-21(9-7-16)28(29)30)22(25)12-24(23)32-15-18-5-3-2-4-17(18)13-26/h2-12H,15H2,1H3/b20-10-. The molecule has 3 aromatic carbocycles. The van der Waals surface area contributed by atoms with Crippen LogP contribution in [-0.2, 0) is 6.61 Å². The van der Waals surface area contributed by atoms with Crippen LogP contribution in [0.25, 0.3) is 11.6 Å². The van der Waals surface area contributed by atoms with Gasteiger partial charge in [0, 0.05) is 22.2 Å². The van der Waals surface area contributed by atoms with E-state index in [1.165, 1.54) is 31.4 Å². The van der Waals surface area contributed by atoms with E-state index in [9.17, 15) is 20.6 Å². The van der Waals surface area contributed by atoms with Crippen LogP contribution in [0.5, 0.6) is 11.5 Å². The number of nitro benzene ring substituents is 1. The molecule has 0 aromatic heterocycles. The first-order chi connectivity index (χ1) is 15.5. The van der Waals surface area contributed by atoms with Gasteiger partial charge in [0.25, 0.3) is 5.69 Å². The number of nitrogens with zero attached hydrogens (tertiary/aromatic N) is 3. The Balaban J connectivity index is 1.90. The van der Waals surface area contributed by atoms with Crippen LogP contribution in [0.4, 0.5) is 5.69 Å². The summed E-state index contributed by atoms with van der Waals surface area (Å²) in [4.78, 5) is 10.4. The molecule has 0 unspecified atom stereocenters.